The highest BCUT2D eigenvalue weighted by Gasteiger charge is 2.08. The molecule has 3 N–H and O–H groups in total. The van der Waals surface area contributed by atoms with Crippen molar-refractivity contribution < 1.29 is 29.6 Å². The van der Waals surface area contributed by atoms with Crippen LogP contribution in [0.1, 0.15) is 105 Å². The molecule has 0 aromatic heterocycles. The number of ether oxygens (including phenoxy) is 2. The minimum atomic E-state index is -0.560. The minimum absolute atomic E-state index is 0.139. The topological polar surface area (TPSA) is 96.2 Å². The fourth-order valence-electron chi connectivity index (χ4n) is 2.57. The molecule has 0 aromatic carbocycles. The highest BCUT2D eigenvalue weighted by atomic mass is 16.6. The van der Waals surface area contributed by atoms with E-state index >= 15 is 0 Å². The SMILES string of the molecule is CC(O)CO.CCCCCCCCCCCCCC(=O)OCC(C)OCC(C)O. The van der Waals surface area contributed by atoms with Gasteiger partial charge in [-0.2, -0.15) is 0 Å². The number of carbonyl (C=O) groups excluding carboxylic acids is 1. The summed E-state index contributed by atoms with van der Waals surface area (Å²) in [7, 11) is 0. The van der Waals surface area contributed by atoms with E-state index in [0.717, 1.165) is 12.8 Å². The van der Waals surface area contributed by atoms with Crippen molar-refractivity contribution in [1.29, 1.82) is 0 Å². The van der Waals surface area contributed by atoms with E-state index in [1.165, 1.54) is 64.7 Å². The first-order valence-corrected chi connectivity index (χ1v) is 11.6. The second-order valence-electron chi connectivity index (χ2n) is 7.99. The molecule has 0 heterocycles. The number of carbonyl (C=O) groups is 1. The average Bonchev–Trinajstić information content (AvgIpc) is 2.69. The molecule has 0 radical (unpaired) electrons. The van der Waals surface area contributed by atoms with E-state index in [-0.39, 0.29) is 31.9 Å². The lowest BCUT2D eigenvalue weighted by molar-refractivity contribution is -0.148. The summed E-state index contributed by atoms with van der Waals surface area (Å²) in [6, 6.07) is 0. The van der Waals surface area contributed by atoms with Gasteiger partial charge >= 0.3 is 5.97 Å². The number of rotatable bonds is 18. The molecule has 0 aliphatic heterocycles. The molecule has 3 atom stereocenters. The number of unbranched alkanes of at least 4 members (excludes halogenated alkanes) is 10. The average molecular weight is 421 g/mol. The van der Waals surface area contributed by atoms with Crippen molar-refractivity contribution in [2.24, 2.45) is 0 Å². The lowest BCUT2D eigenvalue weighted by atomic mass is 10.1. The van der Waals surface area contributed by atoms with Gasteiger partial charge in [0.1, 0.15) is 6.61 Å². The molecule has 0 saturated carbocycles. The summed E-state index contributed by atoms with van der Waals surface area (Å²) in [5, 5.41) is 25.1. The minimum Gasteiger partial charge on any atom is -0.463 e. The number of hydrogen-bond acceptors (Lipinski definition) is 6. The molecule has 0 aliphatic rings. The van der Waals surface area contributed by atoms with Crippen molar-refractivity contribution in [1.82, 2.24) is 0 Å². The van der Waals surface area contributed by atoms with Crippen molar-refractivity contribution in [2.45, 2.75) is 123 Å². The zero-order valence-electron chi connectivity index (χ0n) is 19.4. The maximum absolute atomic E-state index is 11.6. The molecular formula is C23H48O6. The third-order valence-electron chi connectivity index (χ3n) is 4.35. The lowest BCUT2D eigenvalue weighted by Crippen LogP contribution is -2.23. The largest absolute Gasteiger partial charge is 0.463 e. The molecule has 0 spiro atoms. The van der Waals surface area contributed by atoms with E-state index in [1.54, 1.807) is 6.92 Å². The summed E-state index contributed by atoms with van der Waals surface area (Å²) >= 11 is 0. The second-order valence-corrected chi connectivity index (χ2v) is 7.99. The van der Waals surface area contributed by atoms with Crippen molar-refractivity contribution >= 4 is 5.97 Å². The van der Waals surface area contributed by atoms with E-state index in [1.807, 2.05) is 6.92 Å². The van der Waals surface area contributed by atoms with Gasteiger partial charge in [-0.25, -0.2) is 0 Å². The van der Waals surface area contributed by atoms with Crippen LogP contribution in [0, 0.1) is 0 Å². The van der Waals surface area contributed by atoms with Crippen LogP contribution < -0.4 is 0 Å². The van der Waals surface area contributed by atoms with Gasteiger partial charge in [-0.15, -0.1) is 0 Å². The third-order valence-corrected chi connectivity index (χ3v) is 4.35. The highest BCUT2D eigenvalue weighted by molar-refractivity contribution is 5.69. The Hall–Kier alpha value is -0.690. The molecule has 0 rings (SSSR count). The van der Waals surface area contributed by atoms with Gasteiger partial charge in [-0.05, 0) is 27.2 Å². The van der Waals surface area contributed by atoms with E-state index in [0.29, 0.717) is 6.42 Å². The van der Waals surface area contributed by atoms with Gasteiger partial charge in [0.25, 0.3) is 0 Å². The van der Waals surface area contributed by atoms with Gasteiger partial charge in [-0.3, -0.25) is 4.79 Å². The monoisotopic (exact) mass is 420 g/mol. The Labute approximate surface area is 179 Å². The highest BCUT2D eigenvalue weighted by Crippen LogP contribution is 2.12. The summed E-state index contributed by atoms with van der Waals surface area (Å²) in [6.45, 7) is 7.70. The van der Waals surface area contributed by atoms with Crippen LogP contribution in [0.3, 0.4) is 0 Å². The molecule has 6 heteroatoms. The van der Waals surface area contributed by atoms with Crippen LogP contribution in [-0.2, 0) is 14.3 Å². The summed E-state index contributed by atoms with van der Waals surface area (Å²) in [6.07, 6.45) is 13.3. The van der Waals surface area contributed by atoms with Crippen LogP contribution in [0.5, 0.6) is 0 Å². The Morgan fingerprint density at radius 1 is 0.759 bits per heavy atom. The molecule has 0 bridgehead atoms. The molecule has 0 amide bonds. The molecular weight excluding hydrogens is 372 g/mol. The molecule has 0 saturated heterocycles. The van der Waals surface area contributed by atoms with Crippen LogP contribution in [0.2, 0.25) is 0 Å². The van der Waals surface area contributed by atoms with Crippen LogP contribution >= 0.6 is 0 Å². The predicted octanol–water partition coefficient (Wildman–Crippen LogP) is 4.38. The van der Waals surface area contributed by atoms with E-state index in [4.69, 9.17) is 24.8 Å². The summed E-state index contributed by atoms with van der Waals surface area (Å²) < 4.78 is 10.5. The zero-order valence-corrected chi connectivity index (χ0v) is 19.4. The van der Waals surface area contributed by atoms with Crippen molar-refractivity contribution in [3.8, 4) is 0 Å². The maximum atomic E-state index is 11.6. The van der Waals surface area contributed by atoms with Gasteiger partial charge < -0.3 is 24.8 Å². The Balaban J connectivity index is 0. The first-order chi connectivity index (χ1) is 13.8. The van der Waals surface area contributed by atoms with Crippen LogP contribution in [0.15, 0.2) is 0 Å². The van der Waals surface area contributed by atoms with Crippen LogP contribution in [0.25, 0.3) is 0 Å². The zero-order chi connectivity index (χ0) is 22.3. The second kappa shape index (κ2) is 23.6. The molecule has 3 unspecified atom stereocenters. The van der Waals surface area contributed by atoms with Gasteiger partial charge in [0.15, 0.2) is 0 Å². The maximum Gasteiger partial charge on any atom is 0.305 e. The van der Waals surface area contributed by atoms with E-state index in [2.05, 4.69) is 6.92 Å². The summed E-state index contributed by atoms with van der Waals surface area (Å²) in [4.78, 5) is 11.6. The molecule has 29 heavy (non-hydrogen) atoms. The Kier molecular flexibility index (Phi) is 24.8. The predicted molar refractivity (Wildman–Crippen MR) is 118 cm³/mol. The smallest absolute Gasteiger partial charge is 0.305 e. The van der Waals surface area contributed by atoms with E-state index < -0.39 is 12.2 Å². The van der Waals surface area contributed by atoms with Crippen LogP contribution in [0.4, 0.5) is 0 Å². The Morgan fingerprint density at radius 2 is 1.21 bits per heavy atom. The van der Waals surface area contributed by atoms with Gasteiger partial charge in [-0.1, -0.05) is 71.1 Å². The van der Waals surface area contributed by atoms with Crippen molar-refractivity contribution in [2.75, 3.05) is 19.8 Å². The summed E-state index contributed by atoms with van der Waals surface area (Å²) in [5.41, 5.74) is 0. The molecule has 0 aromatic rings. The van der Waals surface area contributed by atoms with E-state index in [9.17, 15) is 4.79 Å². The standard InChI is InChI=1S/C20H40O4.C3H8O2/c1-4-5-6-7-8-9-10-11-12-13-14-15-20(22)24-17-19(3)23-16-18(2)21;1-3(5)2-4/h18-19,21H,4-17H2,1-3H3;3-5H,2H2,1H3. The normalized spacial score (nSPS) is 13.9. The van der Waals surface area contributed by atoms with Gasteiger partial charge in [0, 0.05) is 6.42 Å². The third kappa shape index (κ3) is 29.6. The number of hydrogen-bond donors (Lipinski definition) is 3. The first-order valence-electron chi connectivity index (χ1n) is 11.6. The van der Waals surface area contributed by atoms with Crippen molar-refractivity contribution in [3.05, 3.63) is 0 Å². The summed E-state index contributed by atoms with van der Waals surface area (Å²) in [5.74, 6) is -0.140. The first kappa shape index (κ1) is 30.5. The fraction of sp³-hybridized carbons (Fsp3) is 0.957. The quantitative estimate of drug-likeness (QED) is 0.225. The number of esters is 1. The lowest BCUT2D eigenvalue weighted by Gasteiger charge is -2.14. The van der Waals surface area contributed by atoms with Crippen molar-refractivity contribution in [3.63, 3.8) is 0 Å². The number of aliphatic hydroxyl groups excluding tert-OH is 3. The number of aliphatic hydroxyl groups is 3. The Bertz CT molecular complexity index is 333. The van der Waals surface area contributed by atoms with Crippen LogP contribution in [-0.4, -0.2) is 59.4 Å². The fourth-order valence-corrected chi connectivity index (χ4v) is 2.57. The molecule has 176 valence electrons. The van der Waals surface area contributed by atoms with Gasteiger partial charge in [0.05, 0.1) is 31.5 Å². The Morgan fingerprint density at radius 3 is 1.62 bits per heavy atom. The molecule has 0 fully saturated rings. The van der Waals surface area contributed by atoms with Gasteiger partial charge in [0.2, 0.25) is 0 Å². The molecule has 0 aliphatic carbocycles. The molecule has 6 nitrogen and oxygen atoms in total.